The maximum Gasteiger partial charge on any atom is 0.138 e. The van der Waals surface area contributed by atoms with Crippen molar-refractivity contribution in [2.24, 2.45) is 18.4 Å². The lowest BCUT2D eigenvalue weighted by atomic mass is 9.67. The molecule has 1 N–H and O–H groups in total. The van der Waals surface area contributed by atoms with Crippen molar-refractivity contribution in [1.82, 2.24) is 20.1 Å². The molecule has 1 aliphatic rings. The normalized spacial score (nSPS) is 28.2. The molecule has 0 spiro atoms. The minimum Gasteiger partial charge on any atom is -0.319 e. The van der Waals surface area contributed by atoms with E-state index in [9.17, 15) is 0 Å². The second kappa shape index (κ2) is 4.77. The first-order chi connectivity index (χ1) is 8.03. The largest absolute Gasteiger partial charge is 0.319 e. The van der Waals surface area contributed by atoms with E-state index >= 15 is 0 Å². The molecule has 2 rings (SSSR count). The van der Waals surface area contributed by atoms with Crippen LogP contribution in [0.4, 0.5) is 0 Å². The minimum atomic E-state index is 0.431. The van der Waals surface area contributed by atoms with E-state index in [1.165, 1.54) is 19.3 Å². The number of aryl methyl sites for hydroxylation is 1. The summed E-state index contributed by atoms with van der Waals surface area (Å²) in [6.45, 7) is 5.81. The van der Waals surface area contributed by atoms with Gasteiger partial charge in [0.1, 0.15) is 12.2 Å². The van der Waals surface area contributed by atoms with Gasteiger partial charge in [0.2, 0.25) is 0 Å². The van der Waals surface area contributed by atoms with Crippen molar-refractivity contribution >= 4 is 0 Å². The van der Waals surface area contributed by atoms with Crippen LogP contribution in [0.25, 0.3) is 0 Å². The van der Waals surface area contributed by atoms with Crippen molar-refractivity contribution in [1.29, 1.82) is 0 Å². The molecule has 0 aromatic carbocycles. The van der Waals surface area contributed by atoms with Crippen LogP contribution in [0.1, 0.15) is 44.9 Å². The average Bonchev–Trinajstić information content (AvgIpc) is 2.67. The van der Waals surface area contributed by atoms with Crippen LogP contribution in [0, 0.1) is 11.3 Å². The second-order valence-electron chi connectivity index (χ2n) is 6.07. The molecule has 4 heteroatoms. The quantitative estimate of drug-likeness (QED) is 0.872. The van der Waals surface area contributed by atoms with Gasteiger partial charge >= 0.3 is 0 Å². The Kier molecular flexibility index (Phi) is 3.52. The zero-order valence-corrected chi connectivity index (χ0v) is 11.4. The third-order valence-corrected chi connectivity index (χ3v) is 4.08. The van der Waals surface area contributed by atoms with Gasteiger partial charge in [-0.1, -0.05) is 13.8 Å². The van der Waals surface area contributed by atoms with E-state index < -0.39 is 0 Å². The van der Waals surface area contributed by atoms with Gasteiger partial charge in [-0.3, -0.25) is 4.68 Å². The van der Waals surface area contributed by atoms with Crippen LogP contribution in [0.5, 0.6) is 0 Å². The van der Waals surface area contributed by atoms with Crippen LogP contribution in [0.3, 0.4) is 0 Å². The first kappa shape index (κ1) is 12.6. The Morgan fingerprint density at radius 2 is 2.29 bits per heavy atom. The molecule has 1 fully saturated rings. The van der Waals surface area contributed by atoms with Crippen LogP contribution < -0.4 is 5.32 Å². The Balaban J connectivity index is 2.22. The highest BCUT2D eigenvalue weighted by atomic mass is 15.3. The maximum atomic E-state index is 4.46. The number of aromatic nitrogens is 3. The molecule has 1 aliphatic carbocycles. The molecular weight excluding hydrogens is 212 g/mol. The molecule has 0 saturated heterocycles. The van der Waals surface area contributed by atoms with E-state index in [-0.39, 0.29) is 0 Å². The van der Waals surface area contributed by atoms with E-state index in [4.69, 9.17) is 0 Å². The van der Waals surface area contributed by atoms with Gasteiger partial charge in [0.25, 0.3) is 0 Å². The van der Waals surface area contributed by atoms with Crippen molar-refractivity contribution in [2.45, 2.75) is 39.0 Å². The monoisotopic (exact) mass is 236 g/mol. The zero-order valence-electron chi connectivity index (χ0n) is 11.4. The summed E-state index contributed by atoms with van der Waals surface area (Å²) in [6, 6.07) is 0. The van der Waals surface area contributed by atoms with Gasteiger partial charge in [-0.25, -0.2) is 4.98 Å². The summed E-state index contributed by atoms with van der Waals surface area (Å²) in [5.41, 5.74) is 0.431. The van der Waals surface area contributed by atoms with Crippen molar-refractivity contribution in [3.8, 4) is 0 Å². The summed E-state index contributed by atoms with van der Waals surface area (Å²) in [7, 11) is 4.04. The van der Waals surface area contributed by atoms with Gasteiger partial charge in [-0.2, -0.15) is 5.10 Å². The fourth-order valence-electron chi connectivity index (χ4n) is 3.09. The maximum absolute atomic E-state index is 4.46. The molecule has 1 aromatic rings. The molecule has 0 amide bonds. The van der Waals surface area contributed by atoms with Gasteiger partial charge in [0.05, 0.1) is 0 Å². The predicted molar refractivity (Wildman–Crippen MR) is 68.8 cm³/mol. The summed E-state index contributed by atoms with van der Waals surface area (Å²) >= 11 is 0. The Labute approximate surface area is 104 Å². The summed E-state index contributed by atoms with van der Waals surface area (Å²) < 4.78 is 1.94. The molecule has 0 bridgehead atoms. The van der Waals surface area contributed by atoms with Gasteiger partial charge in [0, 0.05) is 13.0 Å². The number of rotatable bonds is 3. The van der Waals surface area contributed by atoms with E-state index in [0.29, 0.717) is 17.3 Å². The first-order valence-corrected chi connectivity index (χ1v) is 6.52. The smallest absolute Gasteiger partial charge is 0.138 e. The van der Waals surface area contributed by atoms with Crippen LogP contribution in [-0.2, 0) is 7.05 Å². The third kappa shape index (κ3) is 2.68. The first-order valence-electron chi connectivity index (χ1n) is 6.52. The fourth-order valence-corrected chi connectivity index (χ4v) is 3.09. The lowest BCUT2D eigenvalue weighted by molar-refractivity contribution is 0.154. The number of nitrogens with zero attached hydrogens (tertiary/aromatic N) is 3. The molecule has 2 atom stereocenters. The second-order valence-corrected chi connectivity index (χ2v) is 6.07. The highest BCUT2D eigenvalue weighted by Gasteiger charge is 2.37. The molecule has 0 radical (unpaired) electrons. The summed E-state index contributed by atoms with van der Waals surface area (Å²) in [5.74, 6) is 2.38. The molecule has 96 valence electrons. The molecule has 1 heterocycles. The summed E-state index contributed by atoms with van der Waals surface area (Å²) in [6.07, 6.45) is 5.48. The van der Waals surface area contributed by atoms with E-state index in [2.05, 4.69) is 29.2 Å². The molecule has 1 saturated carbocycles. The standard InChI is InChI=1S/C13H24N4/c1-13(2)6-5-10(8-14-3)11(7-13)12-15-9-16-17(12)4/h9-11,14H,5-8H2,1-4H3. The van der Waals surface area contributed by atoms with Crippen molar-refractivity contribution in [3.63, 3.8) is 0 Å². The number of nitrogens with one attached hydrogen (secondary N) is 1. The topological polar surface area (TPSA) is 42.7 Å². The molecule has 2 unspecified atom stereocenters. The van der Waals surface area contributed by atoms with Crippen LogP contribution in [0.2, 0.25) is 0 Å². The molecule has 0 aliphatic heterocycles. The predicted octanol–water partition coefficient (Wildman–Crippen LogP) is 1.94. The van der Waals surface area contributed by atoms with Gasteiger partial charge in [0.15, 0.2) is 0 Å². The van der Waals surface area contributed by atoms with Gasteiger partial charge in [-0.15, -0.1) is 0 Å². The Bertz CT molecular complexity index is 369. The summed E-state index contributed by atoms with van der Waals surface area (Å²) in [5, 5.41) is 7.54. The van der Waals surface area contributed by atoms with Crippen molar-refractivity contribution < 1.29 is 0 Å². The summed E-state index contributed by atoms with van der Waals surface area (Å²) in [4.78, 5) is 4.46. The van der Waals surface area contributed by atoms with E-state index in [1.807, 2.05) is 18.8 Å². The molecular formula is C13H24N4. The zero-order chi connectivity index (χ0) is 12.5. The van der Waals surface area contributed by atoms with Crippen molar-refractivity contribution in [2.75, 3.05) is 13.6 Å². The third-order valence-electron chi connectivity index (χ3n) is 4.08. The lowest BCUT2D eigenvalue weighted by Crippen LogP contribution is -2.35. The fraction of sp³-hybridized carbons (Fsp3) is 0.846. The Hall–Kier alpha value is -0.900. The van der Waals surface area contributed by atoms with Crippen LogP contribution >= 0.6 is 0 Å². The van der Waals surface area contributed by atoms with E-state index in [1.54, 1.807) is 6.33 Å². The van der Waals surface area contributed by atoms with Gasteiger partial charge < -0.3 is 5.32 Å². The average molecular weight is 236 g/mol. The van der Waals surface area contributed by atoms with Crippen LogP contribution in [0.15, 0.2) is 6.33 Å². The molecule has 1 aromatic heterocycles. The van der Waals surface area contributed by atoms with E-state index in [0.717, 1.165) is 12.4 Å². The number of hydrogen-bond acceptors (Lipinski definition) is 3. The molecule has 17 heavy (non-hydrogen) atoms. The van der Waals surface area contributed by atoms with Crippen LogP contribution in [-0.4, -0.2) is 28.4 Å². The SMILES string of the molecule is CNCC1CCC(C)(C)CC1c1ncnn1C. The highest BCUT2D eigenvalue weighted by molar-refractivity contribution is 5.03. The Morgan fingerprint density at radius 3 is 2.88 bits per heavy atom. The molecule has 4 nitrogen and oxygen atoms in total. The van der Waals surface area contributed by atoms with Crippen molar-refractivity contribution in [3.05, 3.63) is 12.2 Å². The lowest BCUT2D eigenvalue weighted by Gasteiger charge is -2.40. The van der Waals surface area contributed by atoms with Gasteiger partial charge in [-0.05, 0) is 44.2 Å². The number of hydrogen-bond donors (Lipinski definition) is 1. The highest BCUT2D eigenvalue weighted by Crippen LogP contribution is 2.45. The minimum absolute atomic E-state index is 0.431. The Morgan fingerprint density at radius 1 is 1.53 bits per heavy atom.